The number of hydrogen-bond acceptors (Lipinski definition) is 6. The summed E-state index contributed by atoms with van der Waals surface area (Å²) in [6.45, 7) is -1.77. The van der Waals surface area contributed by atoms with Crippen LogP contribution in [0, 0.1) is 0 Å². The Balaban J connectivity index is 0.950. The van der Waals surface area contributed by atoms with E-state index in [9.17, 15) is 0 Å². The van der Waals surface area contributed by atoms with Crippen LogP contribution in [0.5, 0.6) is 0 Å². The molecule has 478 valence electrons. The molecule has 0 bridgehead atoms. The summed E-state index contributed by atoms with van der Waals surface area (Å²) in [7, 11) is 0. The maximum atomic E-state index is 18.3. The van der Waals surface area contributed by atoms with Crippen molar-refractivity contribution in [3.05, 3.63) is 345 Å². The van der Waals surface area contributed by atoms with E-state index in [0.29, 0.717) is 44.0 Å². The van der Waals surface area contributed by atoms with Gasteiger partial charge in [-0.15, -0.1) is 0 Å². The largest absolute Gasteiger partial charge is 0.419 e. The van der Waals surface area contributed by atoms with Crippen molar-refractivity contribution in [2.75, 3.05) is 24.5 Å². The van der Waals surface area contributed by atoms with E-state index in [1.807, 2.05) is 235 Å². The van der Waals surface area contributed by atoms with Gasteiger partial charge in [-0.3, -0.25) is 0 Å². The Morgan fingerprint density at radius 2 is 0.690 bits per heavy atom. The lowest BCUT2D eigenvalue weighted by molar-refractivity contribution is -0.139. The molecule has 0 spiro atoms. The van der Waals surface area contributed by atoms with Crippen LogP contribution in [0.1, 0.15) is 11.1 Å². The van der Waals surface area contributed by atoms with Gasteiger partial charge in [-0.25, -0.2) is 0 Å². The van der Waals surface area contributed by atoms with E-state index in [1.165, 1.54) is 23.1 Å². The molecule has 5 nitrogen and oxygen atoms in total. The maximum Gasteiger partial charge on any atom is 0.419 e. The number of hydrogen-bond donors (Lipinski definition) is 0. The van der Waals surface area contributed by atoms with Crippen molar-refractivity contribution in [3.63, 3.8) is 0 Å². The predicted octanol–water partition coefficient (Wildman–Crippen LogP) is 20.8. The van der Waals surface area contributed by atoms with Crippen LogP contribution in [0.3, 0.4) is 0 Å². The number of para-hydroxylation sites is 7. The Morgan fingerprint density at radius 3 is 1.24 bits per heavy atom. The molecule has 14 aromatic rings. The minimum absolute atomic E-state index is 0.0980. The van der Waals surface area contributed by atoms with Gasteiger partial charge in [0.25, 0.3) is 6.71 Å². The number of anilines is 15. The van der Waals surface area contributed by atoms with Crippen molar-refractivity contribution < 1.29 is 26.3 Å². The van der Waals surface area contributed by atoms with Crippen LogP contribution < -0.4 is 57.3 Å². The molecule has 18 rings (SSSR count). The summed E-state index contributed by atoms with van der Waals surface area (Å²) >= 11 is 1.03. The topological polar surface area (TPSA) is 16.2 Å². The fourth-order valence-corrected chi connectivity index (χ4v) is 16.9. The second-order valence-corrected chi connectivity index (χ2v) is 26.4. The van der Waals surface area contributed by atoms with Crippen LogP contribution in [0.15, 0.2) is 343 Å². The first-order valence-corrected chi connectivity index (χ1v) is 33.9. The van der Waals surface area contributed by atoms with Crippen molar-refractivity contribution in [2.24, 2.45) is 0 Å². The van der Waals surface area contributed by atoms with Gasteiger partial charge in [0.15, 0.2) is 0 Å². The van der Waals surface area contributed by atoms with Crippen molar-refractivity contribution in [1.82, 2.24) is 0 Å². The van der Waals surface area contributed by atoms with E-state index >= 15 is 26.3 Å². The molecule has 0 unspecified atom stereocenters. The molecule has 0 fully saturated rings. The SMILES string of the molecule is FC(F)(F)c1ccccc1N1c2cc(N(c3ccccc3)c3ccccc3)cc3c2B(c2ccccc2N3c2ccccc2)c2cc3c(c(C(F)(F)F)c21)Sc1cc(N(c2ccc(-c4ccccc4)cc2)c2cccc(-c4ccccc4)c2)cc2c1B3c1ccccc1N2c1ccccc1. The fourth-order valence-electron chi connectivity index (χ4n) is 15.6. The van der Waals surface area contributed by atoms with Crippen LogP contribution in [0.4, 0.5) is 112 Å². The molecule has 14 aromatic carbocycles. The zero-order valence-electron chi connectivity index (χ0n) is 53.3. The van der Waals surface area contributed by atoms with Crippen molar-refractivity contribution in [1.29, 1.82) is 0 Å². The summed E-state index contributed by atoms with van der Waals surface area (Å²) < 4.78 is 104. The lowest BCUT2D eigenvalue weighted by atomic mass is 9.30. The highest BCUT2D eigenvalue weighted by atomic mass is 32.2. The molecule has 4 aliphatic rings. The molecule has 14 heteroatoms. The average Bonchev–Trinajstić information content (AvgIpc) is 0.681. The molecule has 0 saturated carbocycles. The summed E-state index contributed by atoms with van der Waals surface area (Å²) in [6, 6.07) is 107. The summed E-state index contributed by atoms with van der Waals surface area (Å²) in [5, 5.41) is 0. The van der Waals surface area contributed by atoms with Gasteiger partial charge in [0.05, 0.1) is 28.2 Å². The van der Waals surface area contributed by atoms with Crippen LogP contribution in [0.2, 0.25) is 0 Å². The molecule has 0 radical (unpaired) electrons. The molecule has 0 aliphatic carbocycles. The molecule has 4 heterocycles. The molecule has 0 saturated heterocycles. The highest BCUT2D eigenvalue weighted by Gasteiger charge is 2.53. The van der Waals surface area contributed by atoms with Gasteiger partial charge in [0, 0.05) is 78.0 Å². The van der Waals surface area contributed by atoms with Gasteiger partial charge in [-0.1, -0.05) is 230 Å². The molecule has 0 amide bonds. The second kappa shape index (κ2) is 24.0. The smallest absolute Gasteiger partial charge is 0.311 e. The average molecular weight is 1330 g/mol. The first-order chi connectivity index (χ1) is 48.9. The lowest BCUT2D eigenvalue weighted by Crippen LogP contribution is -2.65. The van der Waals surface area contributed by atoms with Crippen LogP contribution >= 0.6 is 11.8 Å². The van der Waals surface area contributed by atoms with Crippen LogP contribution in [-0.2, 0) is 12.4 Å². The Morgan fingerprint density at radius 1 is 0.280 bits per heavy atom. The summed E-state index contributed by atoms with van der Waals surface area (Å²) in [5.41, 5.74) is 13.3. The first kappa shape index (κ1) is 60.5. The van der Waals surface area contributed by atoms with E-state index in [1.54, 1.807) is 6.07 Å². The third-order valence-corrected chi connectivity index (χ3v) is 20.8. The van der Waals surface area contributed by atoms with Gasteiger partial charge in [-0.05, 0) is 171 Å². The molecule has 0 atom stereocenters. The fraction of sp³-hybridized carbons (Fsp3) is 0.0233. The number of nitrogens with zero attached hydrogens (tertiary/aromatic N) is 5. The molecule has 0 aromatic heterocycles. The molecular formula is C86H55B2F6N5S. The Kier molecular flexibility index (Phi) is 14.5. The highest BCUT2D eigenvalue weighted by Crippen LogP contribution is 2.56. The van der Waals surface area contributed by atoms with E-state index in [0.717, 1.165) is 96.5 Å². The molecule has 100 heavy (non-hydrogen) atoms. The zero-order valence-corrected chi connectivity index (χ0v) is 54.1. The number of rotatable bonds is 11. The second-order valence-electron chi connectivity index (χ2n) is 25.3. The van der Waals surface area contributed by atoms with Gasteiger partial charge in [0.1, 0.15) is 0 Å². The summed E-state index contributed by atoms with van der Waals surface area (Å²) in [4.78, 5) is 10.3. The summed E-state index contributed by atoms with van der Waals surface area (Å²) in [6.07, 6.45) is -10.2. The number of alkyl halides is 6. The number of fused-ring (bicyclic) bond motifs is 8. The van der Waals surface area contributed by atoms with Gasteiger partial charge >= 0.3 is 12.4 Å². The number of benzene rings is 14. The molecule has 4 aliphatic heterocycles. The van der Waals surface area contributed by atoms with Gasteiger partial charge < -0.3 is 24.5 Å². The molecule has 0 N–H and O–H groups in total. The van der Waals surface area contributed by atoms with Gasteiger partial charge in [0.2, 0.25) is 6.71 Å². The third-order valence-electron chi connectivity index (χ3n) is 19.6. The minimum atomic E-state index is -5.19. The Labute approximate surface area is 579 Å². The Bertz CT molecular complexity index is 5440. The normalized spacial score (nSPS) is 13.2. The van der Waals surface area contributed by atoms with Gasteiger partial charge in [-0.2, -0.15) is 26.3 Å². The number of halogens is 6. The van der Waals surface area contributed by atoms with Crippen molar-refractivity contribution in [2.45, 2.75) is 22.1 Å². The van der Waals surface area contributed by atoms with E-state index in [-0.39, 0.29) is 21.7 Å². The lowest BCUT2D eigenvalue weighted by Gasteiger charge is -2.47. The van der Waals surface area contributed by atoms with E-state index < -0.39 is 42.6 Å². The zero-order chi connectivity index (χ0) is 67.4. The monoisotopic (exact) mass is 1330 g/mol. The first-order valence-electron chi connectivity index (χ1n) is 33.1. The van der Waals surface area contributed by atoms with Crippen molar-refractivity contribution in [3.8, 4) is 22.3 Å². The molecular weight excluding hydrogens is 1270 g/mol. The minimum Gasteiger partial charge on any atom is -0.311 e. The maximum absolute atomic E-state index is 18.3. The standard InChI is InChI=1S/C86H55B2F6N5S/c89-85(90,91)68-40-19-22-43-73(68)99-77-52-66(95(60-31-11-3-12-32-60)61-33-13-4-14-34-61)51-76-81(77)87(69-41-20-23-44-74(69)97(76)62-35-15-5-16-36-62)71-55-72-84(80(83(71)99)86(92,93)94)100-79-54-67(53-78-82(79)88(72)70-42-21-24-45-75(70)98(78)63-37-17-6-18-38-63)96(64-48-46-58(47-49-64)56-26-7-1-8-27-56)65-39-25-30-59(50-65)57-28-9-2-10-29-57/h1-55H. The van der Waals surface area contributed by atoms with Crippen LogP contribution in [0.25, 0.3) is 22.3 Å². The predicted molar refractivity (Wildman–Crippen MR) is 401 cm³/mol. The quantitative estimate of drug-likeness (QED) is 0.0941. The summed E-state index contributed by atoms with van der Waals surface area (Å²) in [5.74, 6) is 0. The van der Waals surface area contributed by atoms with E-state index in [4.69, 9.17) is 0 Å². The Hall–Kier alpha value is -11.9. The van der Waals surface area contributed by atoms with E-state index in [2.05, 4.69) is 87.5 Å². The van der Waals surface area contributed by atoms with Crippen LogP contribution in [-0.4, -0.2) is 13.4 Å². The highest BCUT2D eigenvalue weighted by molar-refractivity contribution is 8.00. The third kappa shape index (κ3) is 10.1. The van der Waals surface area contributed by atoms with Crippen molar-refractivity contribution >= 4 is 143 Å².